The predicted molar refractivity (Wildman–Crippen MR) is 94.5 cm³/mol. The van der Waals surface area contributed by atoms with E-state index in [1.807, 2.05) is 42.5 Å². The number of nitrogens with zero attached hydrogens (tertiary/aromatic N) is 1. The number of ether oxygens (including phenoxy) is 2. The van der Waals surface area contributed by atoms with E-state index >= 15 is 0 Å². The Hall–Kier alpha value is -2.88. The number of rotatable bonds is 4. The van der Waals surface area contributed by atoms with Crippen LogP contribution < -0.4 is 4.74 Å². The number of aliphatic imine (C=N–C) groups is 1. The summed E-state index contributed by atoms with van der Waals surface area (Å²) in [7, 11) is 1.62. The van der Waals surface area contributed by atoms with Gasteiger partial charge in [0.2, 0.25) is 0 Å². The van der Waals surface area contributed by atoms with Crippen LogP contribution in [-0.2, 0) is 9.53 Å². The fourth-order valence-corrected chi connectivity index (χ4v) is 2.84. The second kappa shape index (κ2) is 6.71. The standard InChI is InChI=1S/C20H19NO3/c1-4-24-20(22)13(2)19-18-11-15(23-3)9-10-17(18)16-8-6-5-7-14(16)12-21-19/h5-12,19H,2,4H2,1,3H3. The number of methoxy groups -OCH3 is 1. The number of benzene rings is 2. The summed E-state index contributed by atoms with van der Waals surface area (Å²) in [4.78, 5) is 16.8. The van der Waals surface area contributed by atoms with Crippen LogP contribution >= 0.6 is 0 Å². The van der Waals surface area contributed by atoms with Gasteiger partial charge in [0, 0.05) is 11.8 Å². The van der Waals surface area contributed by atoms with E-state index in [9.17, 15) is 4.79 Å². The van der Waals surface area contributed by atoms with Crippen LogP contribution in [0.5, 0.6) is 5.75 Å². The summed E-state index contributed by atoms with van der Waals surface area (Å²) >= 11 is 0. The molecule has 4 heteroatoms. The van der Waals surface area contributed by atoms with Crippen LogP contribution in [0.3, 0.4) is 0 Å². The van der Waals surface area contributed by atoms with Crippen molar-refractivity contribution >= 4 is 12.2 Å². The third-order valence-corrected chi connectivity index (χ3v) is 4.03. The topological polar surface area (TPSA) is 47.9 Å². The van der Waals surface area contributed by atoms with Crippen LogP contribution in [0.4, 0.5) is 0 Å². The number of hydrogen-bond acceptors (Lipinski definition) is 4. The van der Waals surface area contributed by atoms with Crippen LogP contribution in [0.2, 0.25) is 0 Å². The van der Waals surface area contributed by atoms with Gasteiger partial charge in [0.25, 0.3) is 0 Å². The highest BCUT2D eigenvalue weighted by atomic mass is 16.5. The van der Waals surface area contributed by atoms with Crippen molar-refractivity contribution in [2.24, 2.45) is 4.99 Å². The summed E-state index contributed by atoms with van der Waals surface area (Å²) in [6, 6.07) is 13.3. The van der Waals surface area contributed by atoms with Gasteiger partial charge in [-0.15, -0.1) is 0 Å². The Morgan fingerprint density at radius 3 is 2.75 bits per heavy atom. The normalized spacial score (nSPS) is 15.0. The molecular formula is C20H19NO3. The van der Waals surface area contributed by atoms with Crippen molar-refractivity contribution in [1.82, 2.24) is 0 Å². The predicted octanol–water partition coefficient (Wildman–Crippen LogP) is 3.96. The molecule has 0 fully saturated rings. The van der Waals surface area contributed by atoms with Crippen molar-refractivity contribution in [1.29, 1.82) is 0 Å². The molecule has 0 amide bonds. The summed E-state index contributed by atoms with van der Waals surface area (Å²) in [6.07, 6.45) is 1.79. The molecule has 1 aliphatic rings. The number of carbonyl (C=O) groups excluding carboxylic acids is 1. The van der Waals surface area contributed by atoms with E-state index in [-0.39, 0.29) is 0 Å². The molecule has 24 heavy (non-hydrogen) atoms. The molecule has 0 aromatic heterocycles. The van der Waals surface area contributed by atoms with E-state index in [1.54, 1.807) is 20.2 Å². The summed E-state index contributed by atoms with van der Waals surface area (Å²) in [5.41, 5.74) is 4.28. The molecule has 0 saturated heterocycles. The maximum atomic E-state index is 12.2. The van der Waals surface area contributed by atoms with E-state index in [0.717, 1.165) is 22.3 Å². The molecule has 0 saturated carbocycles. The Labute approximate surface area is 141 Å². The van der Waals surface area contributed by atoms with Gasteiger partial charge in [-0.3, -0.25) is 4.99 Å². The quantitative estimate of drug-likeness (QED) is 0.633. The minimum Gasteiger partial charge on any atom is -0.497 e. The average Bonchev–Trinajstić information content (AvgIpc) is 2.77. The Morgan fingerprint density at radius 1 is 1.21 bits per heavy atom. The molecule has 1 unspecified atom stereocenters. The van der Waals surface area contributed by atoms with Gasteiger partial charge in [0.15, 0.2) is 0 Å². The van der Waals surface area contributed by atoms with E-state index < -0.39 is 12.0 Å². The summed E-state index contributed by atoms with van der Waals surface area (Å²) in [5, 5.41) is 0. The van der Waals surface area contributed by atoms with E-state index in [4.69, 9.17) is 9.47 Å². The number of fused-ring (bicyclic) bond motifs is 3. The molecule has 1 atom stereocenters. The minimum atomic E-state index is -0.499. The fourth-order valence-electron chi connectivity index (χ4n) is 2.84. The SMILES string of the molecule is C=C(C(=O)OCC)C1N=Cc2ccccc2-c2ccc(OC)cc21. The van der Waals surface area contributed by atoms with Crippen molar-refractivity contribution in [3.05, 3.63) is 65.7 Å². The third-order valence-electron chi connectivity index (χ3n) is 4.03. The lowest BCUT2D eigenvalue weighted by Gasteiger charge is -2.18. The third kappa shape index (κ3) is 2.83. The van der Waals surface area contributed by atoms with Crippen molar-refractivity contribution in [2.75, 3.05) is 13.7 Å². The Morgan fingerprint density at radius 2 is 2.00 bits per heavy atom. The lowest BCUT2D eigenvalue weighted by atomic mass is 9.91. The first-order valence-corrected chi connectivity index (χ1v) is 7.82. The average molecular weight is 321 g/mol. The maximum Gasteiger partial charge on any atom is 0.335 e. The molecule has 0 radical (unpaired) electrons. The van der Waals surface area contributed by atoms with Gasteiger partial charge in [-0.05, 0) is 35.7 Å². The molecule has 3 rings (SSSR count). The zero-order valence-electron chi connectivity index (χ0n) is 13.8. The van der Waals surface area contributed by atoms with Gasteiger partial charge in [-0.1, -0.05) is 36.9 Å². The van der Waals surface area contributed by atoms with Gasteiger partial charge in [-0.25, -0.2) is 4.79 Å². The molecule has 1 aliphatic heterocycles. The number of esters is 1. The lowest BCUT2D eigenvalue weighted by molar-refractivity contribution is -0.138. The smallest absolute Gasteiger partial charge is 0.335 e. The molecule has 0 N–H and O–H groups in total. The first-order valence-electron chi connectivity index (χ1n) is 7.82. The Balaban J connectivity index is 2.16. The fraction of sp³-hybridized carbons (Fsp3) is 0.200. The molecule has 0 spiro atoms. The van der Waals surface area contributed by atoms with Crippen molar-refractivity contribution < 1.29 is 14.3 Å². The van der Waals surface area contributed by atoms with Crippen LogP contribution in [-0.4, -0.2) is 25.9 Å². The molecule has 0 aliphatic carbocycles. The first-order chi connectivity index (χ1) is 11.7. The molecule has 122 valence electrons. The van der Waals surface area contributed by atoms with Crippen LogP contribution in [0.25, 0.3) is 11.1 Å². The molecule has 2 aromatic rings. The van der Waals surface area contributed by atoms with Crippen LogP contribution in [0.1, 0.15) is 24.1 Å². The second-order valence-corrected chi connectivity index (χ2v) is 5.47. The molecule has 0 bridgehead atoms. The zero-order valence-corrected chi connectivity index (χ0v) is 13.8. The minimum absolute atomic E-state index is 0.305. The summed E-state index contributed by atoms with van der Waals surface area (Å²) in [6.45, 7) is 6.00. The summed E-state index contributed by atoms with van der Waals surface area (Å²) in [5.74, 6) is 0.282. The maximum absolute atomic E-state index is 12.2. The Bertz CT molecular complexity index is 823. The molecule has 4 nitrogen and oxygen atoms in total. The molecular weight excluding hydrogens is 302 g/mol. The molecule has 1 heterocycles. The van der Waals surface area contributed by atoms with Crippen molar-refractivity contribution in [2.45, 2.75) is 13.0 Å². The van der Waals surface area contributed by atoms with Gasteiger partial charge in [0.05, 0.1) is 19.3 Å². The number of hydrogen-bond donors (Lipinski definition) is 0. The van der Waals surface area contributed by atoms with E-state index in [2.05, 4.69) is 11.6 Å². The lowest BCUT2D eigenvalue weighted by Crippen LogP contribution is -2.13. The zero-order chi connectivity index (χ0) is 17.1. The number of carbonyl (C=O) groups is 1. The van der Waals surface area contributed by atoms with Gasteiger partial charge >= 0.3 is 5.97 Å². The highest BCUT2D eigenvalue weighted by Gasteiger charge is 2.26. The van der Waals surface area contributed by atoms with Crippen LogP contribution in [0, 0.1) is 0 Å². The second-order valence-electron chi connectivity index (χ2n) is 5.47. The van der Waals surface area contributed by atoms with Crippen molar-refractivity contribution in [3.8, 4) is 16.9 Å². The van der Waals surface area contributed by atoms with E-state index in [1.165, 1.54) is 0 Å². The summed E-state index contributed by atoms with van der Waals surface area (Å²) < 4.78 is 10.5. The van der Waals surface area contributed by atoms with Crippen molar-refractivity contribution in [3.63, 3.8) is 0 Å². The highest BCUT2D eigenvalue weighted by Crippen LogP contribution is 2.39. The first kappa shape index (κ1) is 16.0. The monoisotopic (exact) mass is 321 g/mol. The Kier molecular flexibility index (Phi) is 4.47. The van der Waals surface area contributed by atoms with Gasteiger partial charge in [-0.2, -0.15) is 0 Å². The van der Waals surface area contributed by atoms with Gasteiger partial charge in [0.1, 0.15) is 11.8 Å². The molecule has 2 aromatic carbocycles. The van der Waals surface area contributed by atoms with Crippen LogP contribution in [0.15, 0.2) is 59.6 Å². The van der Waals surface area contributed by atoms with E-state index in [0.29, 0.717) is 17.9 Å². The largest absolute Gasteiger partial charge is 0.497 e. The van der Waals surface area contributed by atoms with Gasteiger partial charge < -0.3 is 9.47 Å². The highest BCUT2D eigenvalue weighted by molar-refractivity contribution is 5.96.